The number of cyclic esters (lactones) is 1. The molecule has 2 aliphatic heterocycles. The van der Waals surface area contributed by atoms with Gasteiger partial charge in [-0.2, -0.15) is 0 Å². The average molecular weight is 705 g/mol. The molecule has 256 valence electrons. The van der Waals surface area contributed by atoms with Gasteiger partial charge in [0.15, 0.2) is 0 Å². The fraction of sp³-hybridized carbons (Fsp3) is 0.351. The van der Waals surface area contributed by atoms with Gasteiger partial charge in [0.05, 0.1) is 42.3 Å². The van der Waals surface area contributed by atoms with Crippen molar-refractivity contribution in [3.8, 4) is 45.3 Å². The lowest BCUT2D eigenvalue weighted by Crippen LogP contribution is -2.44. The second kappa shape index (κ2) is 15.6. The van der Waals surface area contributed by atoms with Crippen molar-refractivity contribution in [2.24, 2.45) is 0 Å². The summed E-state index contributed by atoms with van der Waals surface area (Å²) in [6, 6.07) is 17.3. The van der Waals surface area contributed by atoms with E-state index < -0.39 is 0 Å². The Labute approximate surface area is 296 Å². The Hall–Kier alpha value is -4.22. The molecule has 2 aromatic heterocycles. The number of ether oxygens (including phenoxy) is 3. The van der Waals surface area contributed by atoms with Crippen molar-refractivity contribution in [3.05, 3.63) is 82.0 Å². The first-order valence-corrected chi connectivity index (χ1v) is 17.1. The summed E-state index contributed by atoms with van der Waals surface area (Å²) in [5.41, 5.74) is 6.09. The van der Waals surface area contributed by atoms with E-state index in [1.165, 1.54) is 0 Å². The van der Waals surface area contributed by atoms with Crippen molar-refractivity contribution in [1.29, 1.82) is 0 Å². The zero-order valence-corrected chi connectivity index (χ0v) is 29.2. The standard InChI is InChI=1S/C37H39Cl2N5O5/c1-22(45)44-16-12-26(13-17-44)41-21-25-9-10-30(43-36(25)48-3)29-6-4-5-27(33(29)38)28-11-15-40-35(34(28)39)23-7-8-24(32(19-23)47-2)20-42-31-14-18-49-37(31)46/h4-11,15,19,26,31,41-42H,12-14,16-18,20-21H2,1-3H3. The molecule has 10 nitrogen and oxygen atoms in total. The normalized spacial score (nSPS) is 16.5. The molecule has 4 heterocycles. The quantitative estimate of drug-likeness (QED) is 0.174. The van der Waals surface area contributed by atoms with Crippen molar-refractivity contribution in [2.45, 2.75) is 51.4 Å². The molecule has 6 rings (SSSR count). The molecule has 1 amide bonds. The van der Waals surface area contributed by atoms with Gasteiger partial charge in [0, 0.05) is 85.1 Å². The highest BCUT2D eigenvalue weighted by Crippen LogP contribution is 2.42. The molecule has 0 spiro atoms. The van der Waals surface area contributed by atoms with Crippen LogP contribution in [0.4, 0.5) is 0 Å². The smallest absolute Gasteiger partial charge is 0.323 e. The molecule has 49 heavy (non-hydrogen) atoms. The fourth-order valence-electron chi connectivity index (χ4n) is 6.33. The number of pyridine rings is 2. The molecular formula is C37H39Cl2N5O5. The molecule has 0 bridgehead atoms. The molecule has 0 radical (unpaired) electrons. The predicted molar refractivity (Wildman–Crippen MR) is 190 cm³/mol. The monoisotopic (exact) mass is 703 g/mol. The number of carbonyl (C=O) groups excluding carboxylic acids is 2. The first kappa shape index (κ1) is 34.6. The van der Waals surface area contributed by atoms with E-state index in [2.05, 4.69) is 15.6 Å². The molecule has 2 aromatic carbocycles. The van der Waals surface area contributed by atoms with E-state index >= 15 is 0 Å². The number of halogens is 2. The number of esters is 1. The molecule has 12 heteroatoms. The van der Waals surface area contributed by atoms with Crippen molar-refractivity contribution in [1.82, 2.24) is 25.5 Å². The molecule has 4 aromatic rings. The van der Waals surface area contributed by atoms with E-state index in [0.717, 1.165) is 59.3 Å². The van der Waals surface area contributed by atoms with Gasteiger partial charge in [-0.3, -0.25) is 14.6 Å². The summed E-state index contributed by atoms with van der Waals surface area (Å²) in [6.07, 6.45) is 4.17. The molecule has 1 atom stereocenters. The van der Waals surface area contributed by atoms with Crippen LogP contribution in [0.5, 0.6) is 11.6 Å². The zero-order valence-electron chi connectivity index (χ0n) is 27.7. The minimum atomic E-state index is -0.322. The number of amides is 1. The Kier molecular flexibility index (Phi) is 11.0. The SMILES string of the molecule is COc1cc(-c2nccc(-c3cccc(-c4ccc(CNC5CCN(C(C)=O)CC5)c(OC)n4)c3Cl)c2Cl)ccc1CNC1CCOC1=O. The number of aromatic nitrogens is 2. The van der Waals surface area contributed by atoms with E-state index in [-0.39, 0.29) is 17.9 Å². The summed E-state index contributed by atoms with van der Waals surface area (Å²) in [6.45, 7) is 4.62. The second-order valence-corrected chi connectivity index (χ2v) is 12.9. The number of nitrogens with zero attached hydrogens (tertiary/aromatic N) is 3. The van der Waals surface area contributed by atoms with Crippen molar-refractivity contribution in [2.75, 3.05) is 33.9 Å². The molecule has 2 aliphatic rings. The first-order valence-electron chi connectivity index (χ1n) is 16.3. The number of likely N-dealkylation sites (tertiary alicyclic amines) is 1. The van der Waals surface area contributed by atoms with Gasteiger partial charge in [-0.25, -0.2) is 4.98 Å². The third-order valence-electron chi connectivity index (χ3n) is 9.14. The summed E-state index contributed by atoms with van der Waals surface area (Å²) >= 11 is 14.1. The molecule has 1 unspecified atom stereocenters. The summed E-state index contributed by atoms with van der Waals surface area (Å²) in [5, 5.41) is 7.79. The second-order valence-electron chi connectivity index (χ2n) is 12.1. The number of hydrogen-bond acceptors (Lipinski definition) is 9. The third kappa shape index (κ3) is 7.68. The molecule has 2 saturated heterocycles. The van der Waals surface area contributed by atoms with Crippen LogP contribution in [-0.4, -0.2) is 72.7 Å². The molecule has 2 N–H and O–H groups in total. The van der Waals surface area contributed by atoms with Crippen molar-refractivity contribution < 1.29 is 23.8 Å². The van der Waals surface area contributed by atoms with E-state index in [0.29, 0.717) is 65.2 Å². The van der Waals surface area contributed by atoms with Crippen LogP contribution in [0.1, 0.15) is 37.3 Å². The molecule has 0 saturated carbocycles. The predicted octanol–water partition coefficient (Wildman–Crippen LogP) is 6.31. The number of piperidine rings is 1. The molecule has 2 fully saturated rings. The Bertz CT molecular complexity index is 1850. The number of nitrogens with one attached hydrogen (secondary N) is 2. The van der Waals surface area contributed by atoms with E-state index in [1.807, 2.05) is 59.5 Å². The Morgan fingerprint density at radius 1 is 0.918 bits per heavy atom. The van der Waals surface area contributed by atoms with Crippen LogP contribution in [0.2, 0.25) is 10.0 Å². The highest BCUT2D eigenvalue weighted by Gasteiger charge is 2.26. The fourth-order valence-corrected chi connectivity index (χ4v) is 6.97. The summed E-state index contributed by atoms with van der Waals surface area (Å²) < 4.78 is 16.4. The van der Waals surface area contributed by atoms with E-state index in [4.69, 9.17) is 42.4 Å². The maximum atomic E-state index is 11.9. The van der Waals surface area contributed by atoms with Crippen molar-refractivity contribution >= 4 is 35.1 Å². The number of carbonyl (C=O) groups is 2. The number of rotatable bonds is 11. The lowest BCUT2D eigenvalue weighted by Gasteiger charge is -2.31. The first-order chi connectivity index (χ1) is 23.8. The van der Waals surface area contributed by atoms with Gasteiger partial charge < -0.3 is 29.7 Å². The van der Waals surface area contributed by atoms with E-state index in [9.17, 15) is 9.59 Å². The van der Waals surface area contributed by atoms with Gasteiger partial charge in [0.25, 0.3) is 0 Å². The number of methoxy groups -OCH3 is 2. The number of hydrogen-bond donors (Lipinski definition) is 2. The highest BCUT2D eigenvalue weighted by atomic mass is 35.5. The molecule has 0 aliphatic carbocycles. The van der Waals surface area contributed by atoms with Crippen LogP contribution in [0.3, 0.4) is 0 Å². The Balaban J connectivity index is 1.21. The van der Waals surface area contributed by atoms with Crippen LogP contribution < -0.4 is 20.1 Å². The lowest BCUT2D eigenvalue weighted by molar-refractivity contribution is -0.139. The van der Waals surface area contributed by atoms with Gasteiger partial charge >= 0.3 is 5.97 Å². The van der Waals surface area contributed by atoms with Gasteiger partial charge in [-0.1, -0.05) is 59.6 Å². The summed E-state index contributed by atoms with van der Waals surface area (Å²) in [7, 11) is 3.22. The largest absolute Gasteiger partial charge is 0.496 e. The van der Waals surface area contributed by atoms with Crippen LogP contribution in [0.15, 0.2) is 60.8 Å². The van der Waals surface area contributed by atoms with Crippen LogP contribution >= 0.6 is 23.2 Å². The Morgan fingerprint density at radius 2 is 1.65 bits per heavy atom. The topological polar surface area (TPSA) is 115 Å². The Morgan fingerprint density at radius 3 is 2.37 bits per heavy atom. The van der Waals surface area contributed by atoms with Gasteiger partial charge in [0.2, 0.25) is 11.8 Å². The maximum absolute atomic E-state index is 11.9. The highest BCUT2D eigenvalue weighted by molar-refractivity contribution is 6.39. The summed E-state index contributed by atoms with van der Waals surface area (Å²) in [5.74, 6) is 1.06. The molecular weight excluding hydrogens is 665 g/mol. The number of benzene rings is 2. The lowest BCUT2D eigenvalue weighted by atomic mass is 9.99. The van der Waals surface area contributed by atoms with Gasteiger partial charge in [-0.15, -0.1) is 0 Å². The minimum absolute atomic E-state index is 0.125. The van der Waals surface area contributed by atoms with Gasteiger partial charge in [0.1, 0.15) is 11.8 Å². The van der Waals surface area contributed by atoms with Gasteiger partial charge in [-0.05, 0) is 31.0 Å². The van der Waals surface area contributed by atoms with Crippen molar-refractivity contribution in [3.63, 3.8) is 0 Å². The van der Waals surface area contributed by atoms with Crippen LogP contribution in [0, 0.1) is 0 Å². The minimum Gasteiger partial charge on any atom is -0.496 e. The maximum Gasteiger partial charge on any atom is 0.323 e. The average Bonchev–Trinajstić information content (AvgIpc) is 3.54. The third-order valence-corrected chi connectivity index (χ3v) is 9.93. The summed E-state index contributed by atoms with van der Waals surface area (Å²) in [4.78, 5) is 34.9. The van der Waals surface area contributed by atoms with Crippen LogP contribution in [-0.2, 0) is 27.4 Å². The van der Waals surface area contributed by atoms with E-state index in [1.54, 1.807) is 27.3 Å². The van der Waals surface area contributed by atoms with Crippen LogP contribution in [0.25, 0.3) is 33.6 Å². The zero-order chi connectivity index (χ0) is 34.5.